The first-order valence-corrected chi connectivity index (χ1v) is 7.79. The second-order valence-electron chi connectivity index (χ2n) is 5.57. The monoisotopic (exact) mass is 270 g/mol. The Balaban J connectivity index is 1.93. The summed E-state index contributed by atoms with van der Waals surface area (Å²) in [6.45, 7) is 7.32. The summed E-state index contributed by atoms with van der Waals surface area (Å²) in [4.78, 5) is 16.1. The minimum Gasteiger partial charge on any atom is -0.465 e. The highest BCUT2D eigenvalue weighted by atomic mass is 16.5. The van der Waals surface area contributed by atoms with Crippen molar-refractivity contribution in [2.75, 3.05) is 46.4 Å². The molecule has 1 rings (SSSR count). The molecule has 0 radical (unpaired) electrons. The largest absolute Gasteiger partial charge is 0.465 e. The number of piperazine rings is 1. The molecule has 1 fully saturated rings. The lowest BCUT2D eigenvalue weighted by molar-refractivity contribution is -0.145. The normalized spacial score (nSPS) is 17.6. The van der Waals surface area contributed by atoms with Crippen molar-refractivity contribution in [1.29, 1.82) is 0 Å². The molecule has 1 heterocycles. The molecular formula is C15H30N2O2. The Hall–Kier alpha value is -0.610. The molecule has 0 aromatic carbocycles. The average Bonchev–Trinajstić information content (AvgIpc) is 2.40. The Kier molecular flexibility index (Phi) is 8.84. The number of nitrogens with zero attached hydrogens (tertiary/aromatic N) is 2. The minimum atomic E-state index is -0.0573. The van der Waals surface area contributed by atoms with Gasteiger partial charge >= 0.3 is 5.97 Å². The van der Waals surface area contributed by atoms with Crippen LogP contribution in [0.2, 0.25) is 0 Å². The van der Waals surface area contributed by atoms with E-state index in [1.54, 1.807) is 0 Å². The van der Waals surface area contributed by atoms with Crippen molar-refractivity contribution in [3.05, 3.63) is 0 Å². The molecule has 1 aliphatic rings. The second-order valence-corrected chi connectivity index (χ2v) is 5.57. The van der Waals surface area contributed by atoms with E-state index < -0.39 is 0 Å². The van der Waals surface area contributed by atoms with E-state index in [0.717, 1.165) is 32.6 Å². The minimum absolute atomic E-state index is 0.0573. The fraction of sp³-hybridized carbons (Fsp3) is 0.933. The Labute approximate surface area is 118 Å². The molecule has 0 amide bonds. The zero-order valence-corrected chi connectivity index (χ0v) is 12.7. The van der Waals surface area contributed by atoms with E-state index in [0.29, 0.717) is 13.2 Å². The molecule has 0 aliphatic carbocycles. The van der Waals surface area contributed by atoms with Crippen LogP contribution in [0, 0.1) is 0 Å². The first-order chi connectivity index (χ1) is 9.22. The summed E-state index contributed by atoms with van der Waals surface area (Å²) in [6.07, 6.45) is 7.37. The van der Waals surface area contributed by atoms with Crippen molar-refractivity contribution in [2.45, 2.75) is 45.4 Å². The predicted molar refractivity (Wildman–Crippen MR) is 78.3 cm³/mol. The van der Waals surface area contributed by atoms with Crippen LogP contribution in [0.25, 0.3) is 0 Å². The van der Waals surface area contributed by atoms with Gasteiger partial charge in [-0.3, -0.25) is 9.69 Å². The number of esters is 1. The molecule has 112 valence electrons. The molecule has 19 heavy (non-hydrogen) atoms. The highest BCUT2D eigenvalue weighted by Crippen LogP contribution is 2.05. The van der Waals surface area contributed by atoms with E-state index >= 15 is 0 Å². The SMILES string of the molecule is CCCCCCCCOC(=O)CN1CCN(C)CC1. The quantitative estimate of drug-likeness (QED) is 0.475. The molecule has 4 nitrogen and oxygen atoms in total. The lowest BCUT2D eigenvalue weighted by Crippen LogP contribution is -2.46. The van der Waals surface area contributed by atoms with Crippen LogP contribution in [-0.2, 0) is 9.53 Å². The Morgan fingerprint density at radius 1 is 1.00 bits per heavy atom. The fourth-order valence-electron chi connectivity index (χ4n) is 2.30. The van der Waals surface area contributed by atoms with Crippen molar-refractivity contribution in [3.63, 3.8) is 0 Å². The van der Waals surface area contributed by atoms with Crippen molar-refractivity contribution in [2.24, 2.45) is 0 Å². The second kappa shape index (κ2) is 10.2. The molecule has 0 atom stereocenters. The Morgan fingerprint density at radius 2 is 1.63 bits per heavy atom. The number of ether oxygens (including phenoxy) is 1. The molecule has 0 aromatic rings. The number of hydrogen-bond donors (Lipinski definition) is 0. The van der Waals surface area contributed by atoms with Crippen molar-refractivity contribution < 1.29 is 9.53 Å². The van der Waals surface area contributed by atoms with Crippen LogP contribution >= 0.6 is 0 Å². The number of rotatable bonds is 9. The highest BCUT2D eigenvalue weighted by Gasteiger charge is 2.16. The number of carbonyl (C=O) groups is 1. The number of carbonyl (C=O) groups excluding carboxylic acids is 1. The van der Waals surface area contributed by atoms with Crippen molar-refractivity contribution in [3.8, 4) is 0 Å². The molecule has 0 N–H and O–H groups in total. The highest BCUT2D eigenvalue weighted by molar-refractivity contribution is 5.71. The first kappa shape index (κ1) is 16.4. The van der Waals surface area contributed by atoms with Gasteiger partial charge in [-0.05, 0) is 13.5 Å². The van der Waals surface area contributed by atoms with Gasteiger partial charge in [-0.15, -0.1) is 0 Å². The topological polar surface area (TPSA) is 32.8 Å². The van der Waals surface area contributed by atoms with Gasteiger partial charge in [0.2, 0.25) is 0 Å². The summed E-state index contributed by atoms with van der Waals surface area (Å²) < 4.78 is 5.28. The lowest BCUT2D eigenvalue weighted by atomic mass is 10.1. The van der Waals surface area contributed by atoms with Crippen LogP contribution < -0.4 is 0 Å². The molecule has 4 heteroatoms. The zero-order valence-electron chi connectivity index (χ0n) is 12.7. The van der Waals surface area contributed by atoms with Gasteiger partial charge in [0.15, 0.2) is 0 Å². The lowest BCUT2D eigenvalue weighted by Gasteiger charge is -2.31. The third-order valence-electron chi connectivity index (χ3n) is 3.71. The molecule has 0 bridgehead atoms. The molecule has 0 aromatic heterocycles. The maximum absolute atomic E-state index is 11.7. The van der Waals surface area contributed by atoms with E-state index in [2.05, 4.69) is 23.8 Å². The number of unbranched alkanes of at least 4 members (excludes halogenated alkanes) is 5. The van der Waals surface area contributed by atoms with E-state index in [9.17, 15) is 4.79 Å². The van der Waals surface area contributed by atoms with Crippen molar-refractivity contribution >= 4 is 5.97 Å². The smallest absolute Gasteiger partial charge is 0.320 e. The Morgan fingerprint density at radius 3 is 2.32 bits per heavy atom. The maximum Gasteiger partial charge on any atom is 0.320 e. The summed E-state index contributed by atoms with van der Waals surface area (Å²) in [5, 5.41) is 0. The molecule has 1 saturated heterocycles. The van der Waals surface area contributed by atoms with E-state index in [4.69, 9.17) is 4.74 Å². The van der Waals surface area contributed by atoms with Gasteiger partial charge in [0, 0.05) is 26.2 Å². The van der Waals surface area contributed by atoms with Crippen LogP contribution in [0.1, 0.15) is 45.4 Å². The van der Waals surface area contributed by atoms with Gasteiger partial charge < -0.3 is 9.64 Å². The molecule has 0 spiro atoms. The van der Waals surface area contributed by atoms with Crippen LogP contribution in [-0.4, -0.2) is 62.1 Å². The maximum atomic E-state index is 11.7. The first-order valence-electron chi connectivity index (χ1n) is 7.79. The third kappa shape index (κ3) is 8.22. The van der Waals surface area contributed by atoms with E-state index in [-0.39, 0.29) is 5.97 Å². The van der Waals surface area contributed by atoms with Gasteiger partial charge in [-0.2, -0.15) is 0 Å². The van der Waals surface area contributed by atoms with Gasteiger partial charge in [-0.25, -0.2) is 0 Å². The summed E-state index contributed by atoms with van der Waals surface area (Å²) in [7, 11) is 2.12. The molecular weight excluding hydrogens is 240 g/mol. The predicted octanol–water partition coefficient (Wildman–Crippen LogP) is 2.14. The van der Waals surface area contributed by atoms with Gasteiger partial charge in [-0.1, -0.05) is 39.0 Å². The average molecular weight is 270 g/mol. The van der Waals surface area contributed by atoms with Gasteiger partial charge in [0.1, 0.15) is 0 Å². The Bertz CT molecular complexity index is 238. The summed E-state index contributed by atoms with van der Waals surface area (Å²) in [5.41, 5.74) is 0. The van der Waals surface area contributed by atoms with Crippen molar-refractivity contribution in [1.82, 2.24) is 9.80 Å². The zero-order chi connectivity index (χ0) is 13.9. The van der Waals surface area contributed by atoms with Crippen LogP contribution in [0.4, 0.5) is 0 Å². The molecule has 0 unspecified atom stereocenters. The molecule has 0 saturated carbocycles. The van der Waals surface area contributed by atoms with E-state index in [1.807, 2.05) is 0 Å². The number of hydrogen-bond acceptors (Lipinski definition) is 4. The third-order valence-corrected chi connectivity index (χ3v) is 3.71. The van der Waals surface area contributed by atoms with Gasteiger partial charge in [0.25, 0.3) is 0 Å². The summed E-state index contributed by atoms with van der Waals surface area (Å²) in [6, 6.07) is 0. The van der Waals surface area contributed by atoms with E-state index in [1.165, 1.54) is 32.1 Å². The molecule has 1 aliphatic heterocycles. The standard InChI is InChI=1S/C15H30N2O2/c1-3-4-5-6-7-8-13-19-15(18)14-17-11-9-16(2)10-12-17/h3-14H2,1-2H3. The number of likely N-dealkylation sites (N-methyl/N-ethyl adjacent to an activating group) is 1. The summed E-state index contributed by atoms with van der Waals surface area (Å²) >= 11 is 0. The van der Waals surface area contributed by atoms with Gasteiger partial charge in [0.05, 0.1) is 13.2 Å². The fourth-order valence-corrected chi connectivity index (χ4v) is 2.30. The summed E-state index contributed by atoms with van der Waals surface area (Å²) in [5.74, 6) is -0.0573. The van der Waals surface area contributed by atoms with Crippen LogP contribution in [0.15, 0.2) is 0 Å². The van der Waals surface area contributed by atoms with Crippen LogP contribution in [0.3, 0.4) is 0 Å². The van der Waals surface area contributed by atoms with Crippen LogP contribution in [0.5, 0.6) is 0 Å².